The molecule has 2 fully saturated rings. The third-order valence-electron chi connectivity index (χ3n) is 5.72. The monoisotopic (exact) mass is 394 g/mol. The summed E-state index contributed by atoms with van der Waals surface area (Å²) in [6.07, 6.45) is 2.20. The Labute approximate surface area is 170 Å². The van der Waals surface area contributed by atoms with Gasteiger partial charge in [-0.25, -0.2) is 4.98 Å². The topological polar surface area (TPSA) is 66.0 Å². The molecule has 1 aromatic heterocycles. The minimum absolute atomic E-state index is 0.0476. The Morgan fingerprint density at radius 3 is 2.59 bits per heavy atom. The van der Waals surface area contributed by atoms with E-state index in [2.05, 4.69) is 22.0 Å². The molecule has 4 rings (SSSR count). The van der Waals surface area contributed by atoms with Crippen molar-refractivity contribution >= 4 is 11.8 Å². The van der Waals surface area contributed by atoms with Crippen molar-refractivity contribution in [2.45, 2.75) is 19.0 Å². The van der Waals surface area contributed by atoms with Crippen LogP contribution in [0.2, 0.25) is 0 Å². The lowest BCUT2D eigenvalue weighted by molar-refractivity contribution is -0.142. The molecule has 0 saturated carbocycles. The largest absolute Gasteiger partial charge is 0.481 e. The molecule has 7 heteroatoms. The molecule has 1 aromatic carbocycles. The lowest BCUT2D eigenvalue weighted by atomic mass is 10.1. The molecule has 2 aliphatic heterocycles. The number of ether oxygens (including phenoxy) is 1. The summed E-state index contributed by atoms with van der Waals surface area (Å²) in [5.74, 6) is 0.604. The first kappa shape index (κ1) is 19.4. The van der Waals surface area contributed by atoms with E-state index in [0.29, 0.717) is 44.0 Å². The van der Waals surface area contributed by atoms with Crippen LogP contribution in [-0.4, -0.2) is 77.4 Å². The predicted octanol–water partition coefficient (Wildman–Crippen LogP) is 1.65. The number of hydrogen-bond acceptors (Lipinski definition) is 5. The molecule has 1 unspecified atom stereocenters. The van der Waals surface area contributed by atoms with Crippen molar-refractivity contribution in [3.05, 3.63) is 59.8 Å². The number of rotatable bonds is 4. The Kier molecular flexibility index (Phi) is 5.76. The fraction of sp³-hybridized carbons (Fsp3) is 0.409. The number of benzene rings is 1. The smallest absolute Gasteiger partial charge is 0.255 e. The van der Waals surface area contributed by atoms with Gasteiger partial charge in [0.2, 0.25) is 11.8 Å². The van der Waals surface area contributed by atoms with Crippen LogP contribution in [-0.2, 0) is 11.3 Å². The maximum atomic E-state index is 13.1. The average molecular weight is 394 g/mol. The molecule has 2 aromatic rings. The van der Waals surface area contributed by atoms with Gasteiger partial charge < -0.3 is 14.5 Å². The first-order valence-electron chi connectivity index (χ1n) is 10.0. The van der Waals surface area contributed by atoms with Crippen LogP contribution in [0.1, 0.15) is 22.3 Å². The van der Waals surface area contributed by atoms with Gasteiger partial charge >= 0.3 is 0 Å². The summed E-state index contributed by atoms with van der Waals surface area (Å²) < 4.78 is 5.06. The molecule has 3 heterocycles. The van der Waals surface area contributed by atoms with Gasteiger partial charge in [-0.2, -0.15) is 0 Å². The second kappa shape index (κ2) is 8.61. The molecule has 152 valence electrons. The van der Waals surface area contributed by atoms with Crippen LogP contribution < -0.4 is 4.74 Å². The summed E-state index contributed by atoms with van der Waals surface area (Å²) in [6.45, 7) is 4.11. The molecule has 0 radical (unpaired) electrons. The highest BCUT2D eigenvalue weighted by Gasteiger charge is 2.37. The summed E-state index contributed by atoms with van der Waals surface area (Å²) in [7, 11) is 1.55. The van der Waals surface area contributed by atoms with Crippen molar-refractivity contribution < 1.29 is 14.3 Å². The molecular formula is C22H26N4O3. The van der Waals surface area contributed by atoms with E-state index in [9.17, 15) is 9.59 Å². The van der Waals surface area contributed by atoms with Crippen molar-refractivity contribution in [2.75, 3.05) is 39.8 Å². The van der Waals surface area contributed by atoms with Crippen molar-refractivity contribution in [2.24, 2.45) is 0 Å². The van der Waals surface area contributed by atoms with Gasteiger partial charge in [-0.1, -0.05) is 30.3 Å². The molecule has 0 bridgehead atoms. The lowest BCUT2D eigenvalue weighted by Gasteiger charge is -2.39. The summed E-state index contributed by atoms with van der Waals surface area (Å²) in [5, 5.41) is 0. The number of carbonyl (C=O) groups is 2. The highest BCUT2D eigenvalue weighted by molar-refractivity contribution is 5.94. The zero-order valence-electron chi connectivity index (χ0n) is 16.7. The van der Waals surface area contributed by atoms with Gasteiger partial charge in [-0.3, -0.25) is 14.5 Å². The molecule has 7 nitrogen and oxygen atoms in total. The third kappa shape index (κ3) is 4.24. The Balaban J connectivity index is 1.41. The van der Waals surface area contributed by atoms with Crippen LogP contribution in [0.5, 0.6) is 5.88 Å². The number of hydrogen-bond donors (Lipinski definition) is 0. The number of pyridine rings is 1. The van der Waals surface area contributed by atoms with Crippen molar-refractivity contribution in [1.82, 2.24) is 19.7 Å². The Morgan fingerprint density at radius 1 is 1.07 bits per heavy atom. The van der Waals surface area contributed by atoms with Gasteiger partial charge in [0.1, 0.15) is 0 Å². The molecule has 0 aliphatic carbocycles. The van der Waals surface area contributed by atoms with Crippen LogP contribution in [0.25, 0.3) is 0 Å². The summed E-state index contributed by atoms with van der Waals surface area (Å²) in [6, 6.07) is 13.4. The van der Waals surface area contributed by atoms with Crippen molar-refractivity contribution in [1.29, 1.82) is 0 Å². The molecule has 1 atom stereocenters. The van der Waals surface area contributed by atoms with Gasteiger partial charge in [0, 0.05) is 51.5 Å². The molecule has 2 amide bonds. The summed E-state index contributed by atoms with van der Waals surface area (Å²) in [5.41, 5.74) is 1.69. The first-order chi connectivity index (χ1) is 14.2. The maximum absolute atomic E-state index is 13.1. The Morgan fingerprint density at radius 2 is 1.86 bits per heavy atom. The van der Waals surface area contributed by atoms with Gasteiger partial charge in [-0.15, -0.1) is 0 Å². The van der Waals surface area contributed by atoms with Gasteiger partial charge in [0.05, 0.1) is 18.7 Å². The van der Waals surface area contributed by atoms with Gasteiger partial charge in [0.25, 0.3) is 5.91 Å². The Bertz CT molecular complexity index is 856. The van der Waals surface area contributed by atoms with E-state index < -0.39 is 0 Å². The zero-order chi connectivity index (χ0) is 20.2. The van der Waals surface area contributed by atoms with Crippen LogP contribution in [0, 0.1) is 0 Å². The molecule has 0 N–H and O–H groups in total. The van der Waals surface area contributed by atoms with Crippen LogP contribution in [0.3, 0.4) is 0 Å². The lowest BCUT2D eigenvalue weighted by Crippen LogP contribution is -2.56. The number of fused-ring (bicyclic) bond motifs is 1. The van der Waals surface area contributed by atoms with Crippen LogP contribution in [0.4, 0.5) is 0 Å². The second-order valence-corrected chi connectivity index (χ2v) is 7.47. The second-order valence-electron chi connectivity index (χ2n) is 7.47. The predicted molar refractivity (Wildman–Crippen MR) is 109 cm³/mol. The van der Waals surface area contributed by atoms with E-state index in [1.165, 1.54) is 0 Å². The minimum Gasteiger partial charge on any atom is -0.481 e. The van der Waals surface area contributed by atoms with E-state index >= 15 is 0 Å². The number of nitrogens with zero attached hydrogens (tertiary/aromatic N) is 4. The minimum atomic E-state index is -0.153. The van der Waals surface area contributed by atoms with E-state index in [1.54, 1.807) is 25.4 Å². The molecule has 2 saturated heterocycles. The highest BCUT2D eigenvalue weighted by atomic mass is 16.5. The summed E-state index contributed by atoms with van der Waals surface area (Å²) in [4.78, 5) is 36.1. The summed E-state index contributed by atoms with van der Waals surface area (Å²) >= 11 is 0. The number of piperazine rings is 1. The molecule has 0 spiro atoms. The SMILES string of the molecule is COc1ccc(C(=O)N2CCC3C(=O)N(Cc4ccccc4)CCN3CC2)cn1. The van der Waals surface area contributed by atoms with E-state index in [-0.39, 0.29) is 17.9 Å². The normalized spacial score (nSPS) is 20.2. The fourth-order valence-corrected chi connectivity index (χ4v) is 4.07. The fourth-order valence-electron chi connectivity index (χ4n) is 4.07. The number of amides is 2. The standard InChI is InChI=1S/C22H26N4O3/c1-29-20-8-7-18(15-23-20)21(27)25-10-9-19-22(28)26(14-12-24(19)11-13-25)16-17-5-3-2-4-6-17/h2-8,15,19H,9-14,16H2,1H3. The van der Waals surface area contributed by atoms with E-state index in [1.807, 2.05) is 28.0 Å². The molecule has 29 heavy (non-hydrogen) atoms. The number of carbonyl (C=O) groups excluding carboxylic acids is 2. The van der Waals surface area contributed by atoms with Crippen molar-refractivity contribution in [3.63, 3.8) is 0 Å². The van der Waals surface area contributed by atoms with Gasteiger partial charge in [0.15, 0.2) is 0 Å². The van der Waals surface area contributed by atoms with Gasteiger partial charge in [-0.05, 0) is 18.1 Å². The quantitative estimate of drug-likeness (QED) is 0.789. The van der Waals surface area contributed by atoms with Crippen molar-refractivity contribution in [3.8, 4) is 5.88 Å². The van der Waals surface area contributed by atoms with Crippen LogP contribution in [0.15, 0.2) is 48.7 Å². The molecule has 2 aliphatic rings. The highest BCUT2D eigenvalue weighted by Crippen LogP contribution is 2.21. The zero-order valence-corrected chi connectivity index (χ0v) is 16.7. The van der Waals surface area contributed by atoms with E-state index in [4.69, 9.17) is 4.74 Å². The average Bonchev–Trinajstić information content (AvgIpc) is 2.99. The van der Waals surface area contributed by atoms with E-state index in [0.717, 1.165) is 18.7 Å². The number of aromatic nitrogens is 1. The molecular weight excluding hydrogens is 368 g/mol. The first-order valence-corrected chi connectivity index (χ1v) is 10.0. The van der Waals surface area contributed by atoms with Crippen LogP contribution >= 0.6 is 0 Å². The Hall–Kier alpha value is -2.93. The number of methoxy groups -OCH3 is 1. The third-order valence-corrected chi connectivity index (χ3v) is 5.72. The maximum Gasteiger partial charge on any atom is 0.255 e.